The molecule has 1 heterocycles. The van der Waals surface area contributed by atoms with Crippen molar-refractivity contribution in [1.29, 1.82) is 5.26 Å². The number of nitrogens with zero attached hydrogens (tertiary/aromatic N) is 5. The van der Waals surface area contributed by atoms with Crippen molar-refractivity contribution in [3.63, 3.8) is 0 Å². The van der Waals surface area contributed by atoms with E-state index in [-0.39, 0.29) is 0 Å². The number of unbranched alkanes of at least 4 members (excludes halogenated alkanes) is 11. The van der Waals surface area contributed by atoms with Crippen LogP contribution in [0.4, 0.5) is 0 Å². The van der Waals surface area contributed by atoms with E-state index in [1.807, 2.05) is 0 Å². The molecule has 0 saturated heterocycles. The van der Waals surface area contributed by atoms with E-state index < -0.39 is 0 Å². The summed E-state index contributed by atoms with van der Waals surface area (Å²) in [6, 6.07) is 1.28. The second-order valence-electron chi connectivity index (χ2n) is 6.52. The molecule has 140 valence electrons. The van der Waals surface area contributed by atoms with E-state index in [1.54, 1.807) is 0 Å². The topological polar surface area (TPSA) is 67.3 Å². The second kappa shape index (κ2) is 18.4. The lowest BCUT2D eigenvalue weighted by Gasteiger charge is -2.02. The quantitative estimate of drug-likeness (QED) is 0.209. The average Bonchev–Trinajstić information content (AvgIpc) is 3.02. The van der Waals surface area contributed by atoms with Crippen LogP contribution in [0.15, 0.2) is 23.7 Å². The monoisotopic (exact) mass is 345 g/mol. The smallest absolute Gasteiger partial charge is 0.243 e. The largest absolute Gasteiger partial charge is 0.422 e. The summed E-state index contributed by atoms with van der Waals surface area (Å²) >= 11 is 0. The molecule has 0 unspecified atom stereocenters. The molecule has 0 aliphatic rings. The summed E-state index contributed by atoms with van der Waals surface area (Å²) in [4.78, 5) is 2.58. The number of aliphatic imine (C=N–C) groups is 1. The van der Waals surface area contributed by atoms with Gasteiger partial charge in [-0.3, -0.25) is 0 Å². The van der Waals surface area contributed by atoms with Crippen molar-refractivity contribution in [1.82, 2.24) is 4.57 Å². The number of aromatic nitrogens is 2. The Hall–Kier alpha value is -1.92. The fourth-order valence-electron chi connectivity index (χ4n) is 2.79. The van der Waals surface area contributed by atoms with Gasteiger partial charge in [-0.1, -0.05) is 71.1 Å². The van der Waals surface area contributed by atoms with Gasteiger partial charge in [-0.15, -0.1) is 6.01 Å². The molecule has 0 bridgehead atoms. The van der Waals surface area contributed by atoms with Crippen LogP contribution in [-0.2, 0) is 13.6 Å². The van der Waals surface area contributed by atoms with Gasteiger partial charge in [-0.25, -0.2) is 9.13 Å². The first-order valence-corrected chi connectivity index (χ1v) is 9.73. The third-order valence-corrected chi connectivity index (χ3v) is 4.19. The summed E-state index contributed by atoms with van der Waals surface area (Å²) in [5, 5.41) is 14.9. The molecule has 25 heavy (non-hydrogen) atoms. The molecule has 0 radical (unpaired) electrons. The Bertz CT molecular complexity index is 494. The van der Waals surface area contributed by atoms with Gasteiger partial charge in [0.1, 0.15) is 12.4 Å². The van der Waals surface area contributed by atoms with Crippen molar-refractivity contribution in [2.75, 3.05) is 0 Å². The summed E-state index contributed by atoms with van der Waals surface area (Å²) in [6.45, 7) is 3.47. The van der Waals surface area contributed by atoms with Crippen LogP contribution in [-0.4, -0.2) is 10.6 Å². The number of imidazole rings is 1. The Morgan fingerprint density at radius 1 is 0.960 bits per heavy atom. The molecule has 1 rings (SSSR count). The molecule has 0 N–H and O–H groups in total. The second-order valence-corrected chi connectivity index (χ2v) is 6.52. The normalized spacial score (nSPS) is 9.64. The molecule has 5 heteroatoms. The fraction of sp³-hybridized carbons (Fsp3) is 0.750. The van der Waals surface area contributed by atoms with Crippen molar-refractivity contribution in [3.05, 3.63) is 24.1 Å². The first-order chi connectivity index (χ1) is 12.2. The van der Waals surface area contributed by atoms with Crippen LogP contribution in [0.2, 0.25) is 0 Å². The van der Waals surface area contributed by atoms with Crippen molar-refractivity contribution >= 4 is 6.01 Å². The molecule has 1 aromatic heterocycles. The Labute approximate surface area is 153 Å². The van der Waals surface area contributed by atoms with Gasteiger partial charge in [0.25, 0.3) is 0 Å². The lowest BCUT2D eigenvalue weighted by Crippen LogP contribution is -2.23. The summed E-state index contributed by atoms with van der Waals surface area (Å²) in [6.07, 6.45) is 24.8. The summed E-state index contributed by atoms with van der Waals surface area (Å²) in [5.74, 6) is 0. The van der Waals surface area contributed by atoms with Crippen molar-refractivity contribution in [2.24, 2.45) is 12.0 Å². The van der Waals surface area contributed by atoms with E-state index in [4.69, 9.17) is 10.7 Å². The molecule has 0 aromatic carbocycles. The maximum Gasteiger partial charge on any atom is 0.243 e. The van der Waals surface area contributed by atoms with E-state index in [9.17, 15) is 0 Å². The highest BCUT2D eigenvalue weighted by atomic mass is 15.1. The summed E-state index contributed by atoms with van der Waals surface area (Å²) < 4.78 is 4.40. The van der Waals surface area contributed by atoms with Gasteiger partial charge < -0.3 is 10.4 Å². The van der Waals surface area contributed by atoms with Crippen LogP contribution < -0.4 is 4.57 Å². The molecule has 0 atom stereocenters. The lowest BCUT2D eigenvalue weighted by atomic mass is 10.1. The first kappa shape index (κ1) is 23.1. The zero-order valence-corrected chi connectivity index (χ0v) is 16.2. The highest BCUT2D eigenvalue weighted by Crippen LogP contribution is 2.12. The Morgan fingerprint density at radius 3 is 1.84 bits per heavy atom. The number of hydrogen-bond donors (Lipinski definition) is 0. The van der Waals surface area contributed by atoms with Crippen molar-refractivity contribution < 1.29 is 4.57 Å². The molecule has 0 spiro atoms. The number of aryl methyl sites for hydroxylation is 2. The molecular weight excluding hydrogens is 310 g/mol. The molecule has 0 aliphatic carbocycles. The minimum absolute atomic E-state index is 1.18. The van der Waals surface area contributed by atoms with Crippen LogP contribution in [0.5, 0.6) is 0 Å². The molecule has 0 saturated carbocycles. The van der Waals surface area contributed by atoms with Crippen LogP contribution in [0.25, 0.3) is 5.41 Å². The van der Waals surface area contributed by atoms with Crippen LogP contribution in [0, 0.1) is 11.5 Å². The number of rotatable bonds is 13. The molecule has 1 aromatic rings. The SMILES string of the molecule is CCCCCCCCCCCCCCn1cc[n+](C)c1.N#CN=C=[N-]. The molecule has 0 amide bonds. The van der Waals surface area contributed by atoms with Gasteiger partial charge in [0.2, 0.25) is 6.33 Å². The average molecular weight is 346 g/mol. The molecule has 0 aliphatic heterocycles. The van der Waals surface area contributed by atoms with E-state index in [0.717, 1.165) is 0 Å². The first-order valence-electron chi connectivity index (χ1n) is 9.73. The summed E-state index contributed by atoms with van der Waals surface area (Å²) in [5.41, 5.74) is 0. The zero-order chi connectivity index (χ0) is 18.6. The Balaban J connectivity index is 0.00000101. The van der Waals surface area contributed by atoms with Gasteiger partial charge >= 0.3 is 0 Å². The third-order valence-electron chi connectivity index (χ3n) is 4.19. The van der Waals surface area contributed by atoms with E-state index >= 15 is 0 Å². The van der Waals surface area contributed by atoms with Crippen LogP contribution in [0.1, 0.15) is 84.0 Å². The van der Waals surface area contributed by atoms with Gasteiger partial charge in [0.15, 0.2) is 0 Å². The predicted molar refractivity (Wildman–Crippen MR) is 103 cm³/mol. The predicted octanol–water partition coefficient (Wildman–Crippen LogP) is 5.22. The van der Waals surface area contributed by atoms with E-state index in [2.05, 4.69) is 46.8 Å². The third kappa shape index (κ3) is 16.7. The van der Waals surface area contributed by atoms with Gasteiger partial charge in [0.05, 0.1) is 19.8 Å². The molecule has 0 fully saturated rings. The lowest BCUT2D eigenvalue weighted by molar-refractivity contribution is -0.671. The zero-order valence-electron chi connectivity index (χ0n) is 16.2. The van der Waals surface area contributed by atoms with E-state index in [1.165, 1.54) is 95.8 Å². The molecular formula is C20H35N5. The Morgan fingerprint density at radius 2 is 1.48 bits per heavy atom. The van der Waals surface area contributed by atoms with Gasteiger partial charge in [-0.05, 0) is 12.8 Å². The fourth-order valence-corrected chi connectivity index (χ4v) is 2.79. The standard InChI is InChI=1S/C18H35N2.C2N3/c1-3-4-5-6-7-8-9-10-11-12-13-14-15-20-17-16-19(2)18-20;3-1-5-2-4/h16-18H,3-15H2,1-2H3;/q+1;-1. The van der Waals surface area contributed by atoms with Crippen LogP contribution >= 0.6 is 0 Å². The number of nitriles is 1. The summed E-state index contributed by atoms with van der Waals surface area (Å²) in [7, 11) is 2.08. The van der Waals surface area contributed by atoms with Gasteiger partial charge in [-0.2, -0.15) is 5.26 Å². The highest BCUT2D eigenvalue weighted by Gasteiger charge is 1.99. The van der Waals surface area contributed by atoms with Crippen LogP contribution in [0.3, 0.4) is 0 Å². The highest BCUT2D eigenvalue weighted by molar-refractivity contribution is 5.46. The maximum atomic E-state index is 7.43. The van der Waals surface area contributed by atoms with Crippen molar-refractivity contribution in [3.8, 4) is 6.19 Å². The minimum Gasteiger partial charge on any atom is -0.422 e. The minimum atomic E-state index is 1.18. The number of hydrogen-bond acceptors (Lipinski definition) is 2. The van der Waals surface area contributed by atoms with E-state index in [0.29, 0.717) is 0 Å². The Kier molecular flexibility index (Phi) is 17.0. The maximum absolute atomic E-state index is 7.43. The van der Waals surface area contributed by atoms with Gasteiger partial charge in [0, 0.05) is 0 Å². The molecule has 5 nitrogen and oxygen atoms in total. The van der Waals surface area contributed by atoms with Crippen molar-refractivity contribution in [2.45, 2.75) is 90.5 Å².